The summed E-state index contributed by atoms with van der Waals surface area (Å²) in [6.07, 6.45) is 12.8. The van der Waals surface area contributed by atoms with Crippen LogP contribution in [0.5, 0.6) is 0 Å². The van der Waals surface area contributed by atoms with Crippen LogP contribution in [0.1, 0.15) is 70.8 Å². The molecule has 2 rings (SSSR count). The Kier molecular flexibility index (Phi) is 11.0. The summed E-state index contributed by atoms with van der Waals surface area (Å²) >= 11 is 6.76. The van der Waals surface area contributed by atoms with Gasteiger partial charge in [-0.25, -0.2) is 0 Å². The molecule has 5 nitrogen and oxygen atoms in total. The van der Waals surface area contributed by atoms with E-state index in [0.717, 1.165) is 57.2 Å². The summed E-state index contributed by atoms with van der Waals surface area (Å²) in [5.74, 6) is 0. The zero-order chi connectivity index (χ0) is 21.0. The number of piperidine rings is 1. The van der Waals surface area contributed by atoms with Crippen molar-refractivity contribution in [2.45, 2.75) is 77.7 Å². The number of rotatable bonds is 13. The fourth-order valence-electron chi connectivity index (χ4n) is 4.24. The lowest BCUT2D eigenvalue weighted by molar-refractivity contribution is 0.0150. The summed E-state index contributed by atoms with van der Waals surface area (Å²) < 4.78 is 0. The number of β-amino-alcohol motifs (C(OH)–C–C–N with tert-alkyl or cyclic N) is 1. The Hall–Kier alpha value is -1.17. The van der Waals surface area contributed by atoms with Gasteiger partial charge in [0.25, 0.3) is 0 Å². The van der Waals surface area contributed by atoms with Crippen LogP contribution in [-0.2, 0) is 11.3 Å². The lowest BCUT2D eigenvalue weighted by atomic mass is 9.75. The van der Waals surface area contributed by atoms with Crippen molar-refractivity contribution in [2.75, 3.05) is 26.2 Å². The second kappa shape index (κ2) is 13.2. The van der Waals surface area contributed by atoms with Gasteiger partial charge in [0.05, 0.1) is 0 Å². The topological polar surface area (TPSA) is 58.0 Å². The maximum atomic E-state index is 10.3. The predicted octanol–water partition coefficient (Wildman–Crippen LogP) is 5.02. The molecule has 0 aromatic carbocycles. The van der Waals surface area contributed by atoms with Gasteiger partial charge in [0.15, 0.2) is 5.17 Å². The number of hydrogen-bond acceptors (Lipinski definition) is 5. The Bertz CT molecular complexity index is 593. The van der Waals surface area contributed by atoms with Crippen molar-refractivity contribution in [3.8, 4) is 0 Å². The Balaban J connectivity index is 2.00. The molecule has 1 fully saturated rings. The number of hydrogen-bond donors (Lipinski definition) is 1. The highest BCUT2D eigenvalue weighted by Gasteiger charge is 2.35. The van der Waals surface area contributed by atoms with E-state index >= 15 is 0 Å². The molecule has 2 atom stereocenters. The van der Waals surface area contributed by atoms with Crippen molar-refractivity contribution in [1.82, 2.24) is 9.88 Å². The standard InChI is InChI=1S/C23H38ClN3O2/c1-3-5-12-23(11-4-2,16-20-10-9-13-25-17-20)22(24)26-29-19-21(28)18-27-14-7-6-8-15-27/h9-10,13,17,21,28H,3-8,11-12,14-16,18-19H2,1-2H3/b26-22-. The van der Waals surface area contributed by atoms with Crippen LogP contribution in [-0.4, -0.2) is 52.5 Å². The molecule has 0 aliphatic carbocycles. The number of likely N-dealkylation sites (tertiary alicyclic amines) is 1. The van der Waals surface area contributed by atoms with Gasteiger partial charge >= 0.3 is 0 Å². The van der Waals surface area contributed by atoms with Crippen LogP contribution in [0.25, 0.3) is 0 Å². The Labute approximate surface area is 181 Å². The van der Waals surface area contributed by atoms with Gasteiger partial charge in [-0.15, -0.1) is 0 Å². The van der Waals surface area contributed by atoms with E-state index in [1.165, 1.54) is 19.3 Å². The molecule has 0 bridgehead atoms. The molecule has 1 N–H and O–H groups in total. The van der Waals surface area contributed by atoms with Crippen molar-refractivity contribution < 1.29 is 9.94 Å². The normalized spacial score (nSPS) is 19.0. The number of aromatic nitrogens is 1. The Morgan fingerprint density at radius 3 is 2.72 bits per heavy atom. The lowest BCUT2D eigenvalue weighted by Crippen LogP contribution is -2.38. The van der Waals surface area contributed by atoms with Gasteiger partial charge in [-0.1, -0.05) is 62.4 Å². The Morgan fingerprint density at radius 1 is 1.28 bits per heavy atom. The third kappa shape index (κ3) is 8.23. The number of halogens is 1. The first-order chi connectivity index (χ1) is 14.1. The number of aliphatic hydroxyl groups is 1. The first-order valence-electron chi connectivity index (χ1n) is 11.2. The van der Waals surface area contributed by atoms with Crippen molar-refractivity contribution in [3.05, 3.63) is 30.1 Å². The average Bonchev–Trinajstić information content (AvgIpc) is 2.73. The van der Waals surface area contributed by atoms with Gasteiger partial charge in [-0.2, -0.15) is 0 Å². The summed E-state index contributed by atoms with van der Waals surface area (Å²) in [7, 11) is 0. The SMILES string of the molecule is CCCCC(CCC)(Cc1cccnc1)/C(Cl)=N/OCC(O)CN1CCCCC1. The van der Waals surface area contributed by atoms with Crippen LogP contribution in [0.15, 0.2) is 29.7 Å². The number of nitrogens with zero attached hydrogens (tertiary/aromatic N) is 3. The molecule has 164 valence electrons. The van der Waals surface area contributed by atoms with E-state index in [2.05, 4.69) is 35.0 Å². The molecule has 1 aliphatic rings. The van der Waals surface area contributed by atoms with Crippen molar-refractivity contribution in [2.24, 2.45) is 10.6 Å². The number of oxime groups is 1. The number of pyridine rings is 1. The fraction of sp³-hybridized carbons (Fsp3) is 0.739. The molecule has 1 aliphatic heterocycles. The summed E-state index contributed by atoms with van der Waals surface area (Å²) in [6.45, 7) is 7.30. The highest BCUT2D eigenvalue weighted by Crippen LogP contribution is 2.38. The van der Waals surface area contributed by atoms with Crippen LogP contribution < -0.4 is 0 Å². The molecular weight excluding hydrogens is 386 g/mol. The maximum Gasteiger partial charge on any atom is 0.151 e. The minimum absolute atomic E-state index is 0.176. The monoisotopic (exact) mass is 423 g/mol. The summed E-state index contributed by atoms with van der Waals surface area (Å²) in [5.41, 5.74) is 0.920. The van der Waals surface area contributed by atoms with E-state index in [-0.39, 0.29) is 12.0 Å². The second-order valence-corrected chi connectivity index (χ2v) is 8.72. The molecule has 0 radical (unpaired) electrons. The van der Waals surface area contributed by atoms with Crippen molar-refractivity contribution >= 4 is 16.8 Å². The molecular formula is C23H38ClN3O2. The van der Waals surface area contributed by atoms with E-state index in [1.54, 1.807) is 6.20 Å². The first kappa shape index (κ1) is 24.1. The van der Waals surface area contributed by atoms with Crippen LogP contribution in [0.2, 0.25) is 0 Å². The molecule has 0 saturated carbocycles. The molecule has 1 aromatic heterocycles. The second-order valence-electron chi connectivity index (χ2n) is 8.36. The Morgan fingerprint density at radius 2 is 2.07 bits per heavy atom. The zero-order valence-corrected chi connectivity index (χ0v) is 18.9. The van der Waals surface area contributed by atoms with Crippen molar-refractivity contribution in [1.29, 1.82) is 0 Å². The number of aliphatic hydroxyl groups excluding tert-OH is 1. The molecule has 0 amide bonds. The first-order valence-corrected chi connectivity index (χ1v) is 11.6. The summed E-state index contributed by atoms with van der Waals surface area (Å²) in [5, 5.41) is 15.1. The quantitative estimate of drug-likeness (QED) is 0.357. The summed E-state index contributed by atoms with van der Waals surface area (Å²) in [6, 6.07) is 4.06. The van der Waals surface area contributed by atoms with Crippen LogP contribution >= 0.6 is 11.6 Å². The minimum Gasteiger partial charge on any atom is -0.392 e. The van der Waals surface area contributed by atoms with Crippen LogP contribution in [0.3, 0.4) is 0 Å². The van der Waals surface area contributed by atoms with Gasteiger partial charge in [-0.3, -0.25) is 4.98 Å². The molecule has 6 heteroatoms. The van der Waals surface area contributed by atoms with E-state index in [9.17, 15) is 5.11 Å². The summed E-state index contributed by atoms with van der Waals surface area (Å²) in [4.78, 5) is 12.1. The van der Waals surface area contributed by atoms with E-state index in [1.807, 2.05) is 12.3 Å². The maximum absolute atomic E-state index is 10.3. The third-order valence-electron chi connectivity index (χ3n) is 5.77. The van der Waals surface area contributed by atoms with Gasteiger partial charge in [0.1, 0.15) is 12.7 Å². The lowest BCUT2D eigenvalue weighted by Gasteiger charge is -2.32. The van der Waals surface area contributed by atoms with E-state index in [4.69, 9.17) is 16.4 Å². The molecule has 29 heavy (non-hydrogen) atoms. The largest absolute Gasteiger partial charge is 0.392 e. The van der Waals surface area contributed by atoms with Crippen LogP contribution in [0.4, 0.5) is 0 Å². The number of unbranched alkanes of at least 4 members (excludes halogenated alkanes) is 1. The molecule has 2 heterocycles. The van der Waals surface area contributed by atoms with Crippen molar-refractivity contribution in [3.63, 3.8) is 0 Å². The minimum atomic E-state index is -0.546. The average molecular weight is 424 g/mol. The van der Waals surface area contributed by atoms with E-state index in [0.29, 0.717) is 11.7 Å². The molecule has 1 aromatic rings. The van der Waals surface area contributed by atoms with E-state index < -0.39 is 6.10 Å². The molecule has 0 spiro atoms. The highest BCUT2D eigenvalue weighted by atomic mass is 35.5. The molecule has 1 saturated heterocycles. The predicted molar refractivity (Wildman–Crippen MR) is 120 cm³/mol. The van der Waals surface area contributed by atoms with Gasteiger partial charge in [0, 0.05) is 24.4 Å². The van der Waals surface area contributed by atoms with Crippen LogP contribution in [0, 0.1) is 5.41 Å². The fourth-order valence-corrected chi connectivity index (χ4v) is 4.54. The van der Waals surface area contributed by atoms with Gasteiger partial charge in [-0.05, 0) is 56.8 Å². The smallest absolute Gasteiger partial charge is 0.151 e. The van der Waals surface area contributed by atoms with Gasteiger partial charge in [0.2, 0.25) is 0 Å². The zero-order valence-electron chi connectivity index (χ0n) is 18.2. The van der Waals surface area contributed by atoms with Gasteiger partial charge < -0.3 is 14.8 Å². The highest BCUT2D eigenvalue weighted by molar-refractivity contribution is 6.66. The third-order valence-corrected chi connectivity index (χ3v) is 6.24. The molecule has 2 unspecified atom stereocenters.